The van der Waals surface area contributed by atoms with Crippen molar-refractivity contribution in [2.24, 2.45) is 0 Å². The maximum absolute atomic E-state index is 5.91. The van der Waals surface area contributed by atoms with Crippen molar-refractivity contribution in [3.8, 4) is 5.69 Å². The predicted octanol–water partition coefficient (Wildman–Crippen LogP) is 3.29. The highest BCUT2D eigenvalue weighted by molar-refractivity contribution is 6.42. The first kappa shape index (κ1) is 9.56. The summed E-state index contributed by atoms with van der Waals surface area (Å²) in [5.41, 5.74) is 1.87. The van der Waals surface area contributed by atoms with Gasteiger partial charge in [-0.3, -0.25) is 0 Å². The highest BCUT2D eigenvalue weighted by atomic mass is 35.5. The zero-order chi connectivity index (χ0) is 10.1. The molecule has 2 aromatic rings. The fourth-order valence-electron chi connectivity index (χ4n) is 1.22. The summed E-state index contributed by atoms with van der Waals surface area (Å²) in [5.74, 6) is 0. The number of nitrogens with zero attached hydrogens (tertiary/aromatic N) is 2. The van der Waals surface area contributed by atoms with Crippen LogP contribution in [-0.4, -0.2) is 9.55 Å². The Morgan fingerprint density at radius 1 is 1.29 bits per heavy atom. The van der Waals surface area contributed by atoms with E-state index in [9.17, 15) is 0 Å². The maximum atomic E-state index is 5.91. The van der Waals surface area contributed by atoms with Gasteiger partial charge in [-0.1, -0.05) is 23.2 Å². The second-order valence-electron chi connectivity index (χ2n) is 2.91. The van der Waals surface area contributed by atoms with Crippen LogP contribution in [0.25, 0.3) is 5.69 Å². The van der Waals surface area contributed by atoms with E-state index in [0.29, 0.717) is 10.0 Å². The SMILES string of the molecule is Cc1[c]ncn1-c1ccc(Cl)c(Cl)c1. The van der Waals surface area contributed by atoms with Gasteiger partial charge in [0, 0.05) is 11.4 Å². The minimum absolute atomic E-state index is 0.539. The van der Waals surface area contributed by atoms with Crippen molar-refractivity contribution in [2.75, 3.05) is 0 Å². The highest BCUT2D eigenvalue weighted by Crippen LogP contribution is 2.24. The molecule has 0 aliphatic heterocycles. The molecule has 0 unspecified atom stereocenters. The summed E-state index contributed by atoms with van der Waals surface area (Å²) >= 11 is 11.7. The Balaban J connectivity index is 2.53. The maximum Gasteiger partial charge on any atom is 0.112 e. The average Bonchev–Trinajstić information content (AvgIpc) is 2.57. The number of hydrogen-bond donors (Lipinski definition) is 0. The number of halogens is 2. The van der Waals surface area contributed by atoms with Crippen LogP contribution in [0.5, 0.6) is 0 Å². The second-order valence-corrected chi connectivity index (χ2v) is 3.72. The van der Waals surface area contributed by atoms with E-state index in [1.165, 1.54) is 0 Å². The molecule has 0 saturated carbocycles. The molecular weight excluding hydrogens is 219 g/mol. The summed E-state index contributed by atoms with van der Waals surface area (Å²) in [6.07, 6.45) is 4.53. The molecule has 2 nitrogen and oxygen atoms in total. The van der Waals surface area contributed by atoms with Crippen LogP contribution in [0.3, 0.4) is 0 Å². The zero-order valence-corrected chi connectivity index (χ0v) is 8.97. The van der Waals surface area contributed by atoms with Crippen molar-refractivity contribution in [2.45, 2.75) is 6.92 Å². The predicted molar refractivity (Wildman–Crippen MR) is 57.2 cm³/mol. The lowest BCUT2D eigenvalue weighted by molar-refractivity contribution is 1.00. The molecular formula is C10H7Cl2N2. The summed E-state index contributed by atoms with van der Waals surface area (Å²) in [6.45, 7) is 1.93. The number of benzene rings is 1. The molecule has 0 fully saturated rings. The molecule has 0 atom stereocenters. The third-order valence-corrected chi connectivity index (χ3v) is 2.68. The van der Waals surface area contributed by atoms with Crippen LogP contribution < -0.4 is 0 Å². The van der Waals surface area contributed by atoms with Crippen LogP contribution in [0.15, 0.2) is 24.5 Å². The van der Waals surface area contributed by atoms with E-state index in [2.05, 4.69) is 11.2 Å². The molecule has 4 heteroatoms. The summed E-state index contributed by atoms with van der Waals surface area (Å²) in [7, 11) is 0. The first-order valence-corrected chi connectivity index (χ1v) is 4.81. The number of aryl methyl sites for hydroxylation is 1. The van der Waals surface area contributed by atoms with Gasteiger partial charge in [0.25, 0.3) is 0 Å². The van der Waals surface area contributed by atoms with E-state index in [1.54, 1.807) is 18.5 Å². The van der Waals surface area contributed by atoms with Crippen LogP contribution in [0.1, 0.15) is 5.69 Å². The van der Waals surface area contributed by atoms with E-state index >= 15 is 0 Å². The van der Waals surface area contributed by atoms with E-state index in [1.807, 2.05) is 17.6 Å². The van der Waals surface area contributed by atoms with E-state index in [4.69, 9.17) is 23.2 Å². The normalized spacial score (nSPS) is 10.5. The van der Waals surface area contributed by atoms with Gasteiger partial charge in [0.15, 0.2) is 0 Å². The van der Waals surface area contributed by atoms with Gasteiger partial charge in [-0.2, -0.15) is 0 Å². The first-order chi connectivity index (χ1) is 6.68. The standard InChI is InChI=1S/C10H7Cl2N2/c1-7-5-13-6-14(7)8-2-3-9(11)10(12)4-8/h2-4,6H,1H3. The zero-order valence-electron chi connectivity index (χ0n) is 7.46. The summed E-state index contributed by atoms with van der Waals surface area (Å²) in [5, 5.41) is 1.09. The Hall–Kier alpha value is -0.990. The van der Waals surface area contributed by atoms with Gasteiger partial charge in [0.05, 0.1) is 10.0 Å². The van der Waals surface area contributed by atoms with E-state index in [0.717, 1.165) is 11.4 Å². The molecule has 1 aromatic heterocycles. The summed E-state index contributed by atoms with van der Waals surface area (Å²) in [6, 6.07) is 5.45. The first-order valence-electron chi connectivity index (χ1n) is 4.05. The van der Waals surface area contributed by atoms with Crippen molar-refractivity contribution in [1.82, 2.24) is 9.55 Å². The second kappa shape index (κ2) is 3.64. The monoisotopic (exact) mass is 225 g/mol. The molecule has 0 bridgehead atoms. The van der Waals surface area contributed by atoms with Gasteiger partial charge in [-0.15, -0.1) is 0 Å². The molecule has 0 aliphatic carbocycles. The molecule has 0 N–H and O–H groups in total. The third-order valence-electron chi connectivity index (χ3n) is 1.94. The summed E-state index contributed by atoms with van der Waals surface area (Å²) in [4.78, 5) is 3.91. The van der Waals surface area contributed by atoms with Crippen LogP contribution in [0.4, 0.5) is 0 Å². The largest absolute Gasteiger partial charge is 0.303 e. The third kappa shape index (κ3) is 1.63. The fraction of sp³-hybridized carbons (Fsp3) is 0.100. The molecule has 0 aliphatic rings. The van der Waals surface area contributed by atoms with Crippen LogP contribution >= 0.6 is 23.2 Å². The Morgan fingerprint density at radius 3 is 2.64 bits per heavy atom. The topological polar surface area (TPSA) is 17.8 Å². The molecule has 0 spiro atoms. The highest BCUT2D eigenvalue weighted by Gasteiger charge is 2.03. The van der Waals surface area contributed by atoms with Gasteiger partial charge in [-0.05, 0) is 25.1 Å². The van der Waals surface area contributed by atoms with Gasteiger partial charge in [0.1, 0.15) is 12.5 Å². The van der Waals surface area contributed by atoms with E-state index < -0.39 is 0 Å². The minimum atomic E-state index is 0.539. The lowest BCUT2D eigenvalue weighted by atomic mass is 10.3. The lowest BCUT2D eigenvalue weighted by Crippen LogP contribution is -1.93. The fourth-order valence-corrected chi connectivity index (χ4v) is 1.51. The van der Waals surface area contributed by atoms with Crippen molar-refractivity contribution in [3.63, 3.8) is 0 Å². The van der Waals surface area contributed by atoms with Gasteiger partial charge >= 0.3 is 0 Å². The number of aromatic nitrogens is 2. The minimum Gasteiger partial charge on any atom is -0.303 e. The van der Waals surface area contributed by atoms with Crippen LogP contribution in [0, 0.1) is 13.1 Å². The average molecular weight is 226 g/mol. The van der Waals surface area contributed by atoms with Gasteiger partial charge in [0.2, 0.25) is 0 Å². The van der Waals surface area contributed by atoms with Gasteiger partial charge < -0.3 is 4.57 Å². The molecule has 14 heavy (non-hydrogen) atoms. The number of rotatable bonds is 1. The molecule has 0 saturated heterocycles. The molecule has 1 heterocycles. The van der Waals surface area contributed by atoms with Crippen LogP contribution in [0.2, 0.25) is 10.0 Å². The Bertz CT molecular complexity index is 463. The van der Waals surface area contributed by atoms with Crippen molar-refractivity contribution >= 4 is 23.2 Å². The number of hydrogen-bond acceptors (Lipinski definition) is 1. The molecule has 1 radical (unpaired) electrons. The Labute approximate surface area is 92.1 Å². The Kier molecular flexibility index (Phi) is 2.48. The molecule has 1 aromatic carbocycles. The number of imidazole rings is 1. The van der Waals surface area contributed by atoms with Crippen molar-refractivity contribution < 1.29 is 0 Å². The van der Waals surface area contributed by atoms with E-state index in [-0.39, 0.29) is 0 Å². The smallest absolute Gasteiger partial charge is 0.112 e. The summed E-state index contributed by atoms with van der Waals surface area (Å²) < 4.78 is 1.89. The molecule has 71 valence electrons. The quantitative estimate of drug-likeness (QED) is 0.729. The van der Waals surface area contributed by atoms with Crippen molar-refractivity contribution in [3.05, 3.63) is 46.5 Å². The molecule has 0 amide bonds. The molecule has 2 rings (SSSR count). The van der Waals surface area contributed by atoms with Crippen molar-refractivity contribution in [1.29, 1.82) is 0 Å². The Morgan fingerprint density at radius 2 is 2.07 bits per heavy atom. The van der Waals surface area contributed by atoms with Gasteiger partial charge in [-0.25, -0.2) is 4.98 Å². The lowest BCUT2D eigenvalue weighted by Gasteiger charge is -2.05. The van der Waals surface area contributed by atoms with Crippen LogP contribution in [-0.2, 0) is 0 Å².